The minimum absolute atomic E-state index is 0.595. The second-order valence-corrected chi connectivity index (χ2v) is 5.04. The van der Waals surface area contributed by atoms with E-state index in [1.165, 1.54) is 12.8 Å². The van der Waals surface area contributed by atoms with E-state index in [9.17, 15) is 0 Å². The van der Waals surface area contributed by atoms with Crippen LogP contribution in [0.5, 0.6) is 0 Å². The molecule has 2 rings (SSSR count). The molecule has 1 heterocycles. The van der Waals surface area contributed by atoms with Crippen molar-refractivity contribution in [2.75, 3.05) is 17.2 Å². The van der Waals surface area contributed by atoms with Gasteiger partial charge in [-0.15, -0.1) is 0 Å². The van der Waals surface area contributed by atoms with Crippen LogP contribution >= 0.6 is 0 Å². The molecule has 0 bridgehead atoms. The first-order valence-corrected chi connectivity index (χ1v) is 6.52. The molecule has 0 radical (unpaired) electrons. The van der Waals surface area contributed by atoms with Gasteiger partial charge in [0.1, 0.15) is 18.0 Å². The Morgan fingerprint density at radius 1 is 1.29 bits per heavy atom. The van der Waals surface area contributed by atoms with Crippen LogP contribution in [0.1, 0.15) is 38.7 Å². The third kappa shape index (κ3) is 2.87. The minimum Gasteiger partial charge on any atom is -0.370 e. The summed E-state index contributed by atoms with van der Waals surface area (Å²) in [5.74, 6) is 2.79. The van der Waals surface area contributed by atoms with E-state index >= 15 is 0 Å². The van der Waals surface area contributed by atoms with E-state index in [2.05, 4.69) is 41.4 Å². The average molecular weight is 234 g/mol. The summed E-state index contributed by atoms with van der Waals surface area (Å²) in [6, 6.07) is 0.595. The molecule has 2 N–H and O–H groups in total. The van der Waals surface area contributed by atoms with E-state index < -0.39 is 0 Å². The van der Waals surface area contributed by atoms with E-state index in [0.717, 1.165) is 36.1 Å². The number of nitrogens with zero attached hydrogens (tertiary/aromatic N) is 2. The van der Waals surface area contributed by atoms with Gasteiger partial charge in [-0.25, -0.2) is 9.97 Å². The molecule has 0 aliphatic heterocycles. The number of hydrogen-bond donors (Lipinski definition) is 2. The molecule has 4 heteroatoms. The van der Waals surface area contributed by atoms with Crippen LogP contribution in [0.25, 0.3) is 0 Å². The zero-order valence-corrected chi connectivity index (χ0v) is 11.0. The Hall–Kier alpha value is -1.32. The molecule has 4 nitrogen and oxygen atoms in total. The van der Waals surface area contributed by atoms with E-state index in [1.807, 2.05) is 0 Å². The molecule has 1 aromatic rings. The SMILES string of the molecule is CCCNc1ncnc(NC2CC(C)C2)c1C. The Morgan fingerprint density at radius 2 is 2.00 bits per heavy atom. The molecule has 1 aliphatic rings. The maximum atomic E-state index is 4.33. The van der Waals surface area contributed by atoms with Crippen molar-refractivity contribution < 1.29 is 0 Å². The highest BCUT2D eigenvalue weighted by Gasteiger charge is 2.25. The van der Waals surface area contributed by atoms with Crippen LogP contribution in [-0.4, -0.2) is 22.6 Å². The molecule has 0 atom stereocenters. The summed E-state index contributed by atoms with van der Waals surface area (Å²) in [7, 11) is 0. The second-order valence-electron chi connectivity index (χ2n) is 5.04. The van der Waals surface area contributed by atoms with E-state index in [4.69, 9.17) is 0 Å². The largest absolute Gasteiger partial charge is 0.370 e. The van der Waals surface area contributed by atoms with Crippen LogP contribution in [0.15, 0.2) is 6.33 Å². The Kier molecular flexibility index (Phi) is 3.82. The van der Waals surface area contributed by atoms with Gasteiger partial charge >= 0.3 is 0 Å². The predicted octanol–water partition coefficient (Wildman–Crippen LogP) is 2.82. The number of nitrogens with one attached hydrogen (secondary N) is 2. The molecule has 0 saturated heterocycles. The fourth-order valence-corrected chi connectivity index (χ4v) is 2.23. The summed E-state index contributed by atoms with van der Waals surface area (Å²) in [6.07, 6.45) is 5.24. The van der Waals surface area contributed by atoms with Crippen molar-refractivity contribution in [3.05, 3.63) is 11.9 Å². The Bertz CT molecular complexity index is 372. The van der Waals surface area contributed by atoms with Gasteiger partial charge < -0.3 is 10.6 Å². The summed E-state index contributed by atoms with van der Waals surface area (Å²) in [4.78, 5) is 8.61. The van der Waals surface area contributed by atoms with E-state index in [1.54, 1.807) is 6.33 Å². The molecule has 0 amide bonds. The van der Waals surface area contributed by atoms with Gasteiger partial charge in [0.05, 0.1) is 0 Å². The molecular formula is C13H22N4. The van der Waals surface area contributed by atoms with Gasteiger partial charge in [0.25, 0.3) is 0 Å². The molecule has 0 unspecified atom stereocenters. The lowest BCUT2D eigenvalue weighted by atomic mass is 9.82. The molecule has 0 spiro atoms. The molecule has 17 heavy (non-hydrogen) atoms. The summed E-state index contributed by atoms with van der Waals surface area (Å²) in [5.41, 5.74) is 1.13. The summed E-state index contributed by atoms with van der Waals surface area (Å²) in [6.45, 7) is 7.47. The monoisotopic (exact) mass is 234 g/mol. The maximum absolute atomic E-state index is 4.33. The van der Waals surface area contributed by atoms with Crippen LogP contribution in [0, 0.1) is 12.8 Å². The van der Waals surface area contributed by atoms with Crippen molar-refractivity contribution >= 4 is 11.6 Å². The lowest BCUT2D eigenvalue weighted by Gasteiger charge is -2.34. The van der Waals surface area contributed by atoms with Crippen LogP contribution in [-0.2, 0) is 0 Å². The Morgan fingerprint density at radius 3 is 2.65 bits per heavy atom. The highest BCUT2D eigenvalue weighted by atomic mass is 15.1. The lowest BCUT2D eigenvalue weighted by molar-refractivity contribution is 0.308. The zero-order valence-electron chi connectivity index (χ0n) is 11.0. The van der Waals surface area contributed by atoms with E-state index in [-0.39, 0.29) is 0 Å². The van der Waals surface area contributed by atoms with Crippen molar-refractivity contribution in [1.29, 1.82) is 0 Å². The fraction of sp³-hybridized carbons (Fsp3) is 0.692. The van der Waals surface area contributed by atoms with Crippen LogP contribution in [0.3, 0.4) is 0 Å². The first kappa shape index (κ1) is 12.1. The topological polar surface area (TPSA) is 49.8 Å². The van der Waals surface area contributed by atoms with Gasteiger partial charge in [-0.2, -0.15) is 0 Å². The number of hydrogen-bond acceptors (Lipinski definition) is 4. The number of anilines is 2. The second kappa shape index (κ2) is 5.34. The van der Waals surface area contributed by atoms with Gasteiger partial charge in [0.15, 0.2) is 0 Å². The zero-order chi connectivity index (χ0) is 12.3. The first-order valence-electron chi connectivity index (χ1n) is 6.52. The van der Waals surface area contributed by atoms with Crippen molar-refractivity contribution in [2.45, 2.75) is 46.1 Å². The number of rotatable bonds is 5. The number of aromatic nitrogens is 2. The highest BCUT2D eigenvalue weighted by molar-refractivity contribution is 5.56. The van der Waals surface area contributed by atoms with Crippen molar-refractivity contribution in [3.8, 4) is 0 Å². The maximum Gasteiger partial charge on any atom is 0.134 e. The third-order valence-electron chi connectivity index (χ3n) is 3.34. The molecular weight excluding hydrogens is 212 g/mol. The van der Waals surface area contributed by atoms with Crippen LogP contribution < -0.4 is 10.6 Å². The standard InChI is InChI=1S/C13H22N4/c1-4-5-14-12-10(3)13(16-8-15-12)17-11-6-9(2)7-11/h8-9,11H,4-7H2,1-3H3,(H2,14,15,16,17). The van der Waals surface area contributed by atoms with Gasteiger partial charge in [-0.3, -0.25) is 0 Å². The highest BCUT2D eigenvalue weighted by Crippen LogP contribution is 2.30. The molecule has 1 saturated carbocycles. The Balaban J connectivity index is 2.01. The smallest absolute Gasteiger partial charge is 0.134 e. The molecule has 1 fully saturated rings. The molecule has 1 aliphatic carbocycles. The molecule has 0 aromatic carbocycles. The third-order valence-corrected chi connectivity index (χ3v) is 3.34. The summed E-state index contributed by atoms with van der Waals surface area (Å²) in [5, 5.41) is 6.83. The van der Waals surface area contributed by atoms with Crippen LogP contribution in [0.4, 0.5) is 11.6 Å². The normalized spacial score (nSPS) is 23.0. The Labute approximate surface area is 103 Å². The van der Waals surface area contributed by atoms with Crippen molar-refractivity contribution in [1.82, 2.24) is 9.97 Å². The van der Waals surface area contributed by atoms with Gasteiger partial charge in [-0.05, 0) is 32.1 Å². The fourth-order valence-electron chi connectivity index (χ4n) is 2.23. The predicted molar refractivity (Wildman–Crippen MR) is 71.4 cm³/mol. The quantitative estimate of drug-likeness (QED) is 0.822. The van der Waals surface area contributed by atoms with Crippen molar-refractivity contribution in [2.24, 2.45) is 5.92 Å². The molecule has 1 aromatic heterocycles. The summed E-state index contributed by atoms with van der Waals surface area (Å²) < 4.78 is 0. The first-order chi connectivity index (χ1) is 8.20. The minimum atomic E-state index is 0.595. The van der Waals surface area contributed by atoms with Crippen molar-refractivity contribution in [3.63, 3.8) is 0 Å². The van der Waals surface area contributed by atoms with Gasteiger partial charge in [0, 0.05) is 18.2 Å². The summed E-state index contributed by atoms with van der Waals surface area (Å²) >= 11 is 0. The van der Waals surface area contributed by atoms with Gasteiger partial charge in [0.2, 0.25) is 0 Å². The van der Waals surface area contributed by atoms with E-state index in [0.29, 0.717) is 6.04 Å². The van der Waals surface area contributed by atoms with Gasteiger partial charge in [-0.1, -0.05) is 13.8 Å². The molecule has 94 valence electrons. The lowest BCUT2D eigenvalue weighted by Crippen LogP contribution is -2.34. The average Bonchev–Trinajstić information content (AvgIpc) is 2.28. The van der Waals surface area contributed by atoms with Crippen LogP contribution in [0.2, 0.25) is 0 Å².